The zero-order valence-corrected chi connectivity index (χ0v) is 18.0. The van der Waals surface area contributed by atoms with Gasteiger partial charge in [0, 0.05) is 18.3 Å². The Morgan fingerprint density at radius 1 is 1.23 bits per heavy atom. The molecule has 1 heterocycles. The standard InChI is InChI=1S/C21H23N5O4S/c1-4-12-22-31(28,29)14-16-8-10-17(11-9-16)23-21(27)20-15(2)26(25-24-20)18-6-5-7-19(13-18)30-3/h4-11,13,22H,1,12,14H2,2-3H3,(H,23,27). The average Bonchev–Trinajstić information content (AvgIpc) is 3.15. The third kappa shape index (κ3) is 5.56. The van der Waals surface area contributed by atoms with Gasteiger partial charge in [-0.25, -0.2) is 17.8 Å². The number of carbonyl (C=O) groups is 1. The second-order valence-electron chi connectivity index (χ2n) is 6.68. The minimum absolute atomic E-state index is 0.164. The highest BCUT2D eigenvalue weighted by Gasteiger charge is 2.18. The molecule has 0 spiro atoms. The molecule has 162 valence electrons. The topological polar surface area (TPSA) is 115 Å². The number of ether oxygens (including phenoxy) is 1. The molecule has 0 aliphatic carbocycles. The molecule has 0 radical (unpaired) electrons. The summed E-state index contributed by atoms with van der Waals surface area (Å²) in [7, 11) is -1.87. The van der Waals surface area contributed by atoms with E-state index in [9.17, 15) is 13.2 Å². The van der Waals surface area contributed by atoms with Crippen molar-refractivity contribution < 1.29 is 17.9 Å². The molecule has 2 N–H and O–H groups in total. The fourth-order valence-corrected chi connectivity index (χ4v) is 3.96. The van der Waals surface area contributed by atoms with E-state index in [0.29, 0.717) is 22.7 Å². The molecule has 0 saturated heterocycles. The SMILES string of the molecule is C=CCNS(=O)(=O)Cc1ccc(NC(=O)c2nnn(-c3cccc(OC)c3)c2C)cc1. The summed E-state index contributed by atoms with van der Waals surface area (Å²) in [6.45, 7) is 5.41. The number of nitrogens with zero attached hydrogens (tertiary/aromatic N) is 3. The molecule has 0 atom stereocenters. The normalized spacial score (nSPS) is 11.2. The number of anilines is 1. The maximum Gasteiger partial charge on any atom is 0.278 e. The van der Waals surface area contributed by atoms with Crippen LogP contribution in [0.2, 0.25) is 0 Å². The molecule has 0 bridgehead atoms. The van der Waals surface area contributed by atoms with Crippen LogP contribution in [0.25, 0.3) is 5.69 Å². The summed E-state index contributed by atoms with van der Waals surface area (Å²) in [6.07, 6.45) is 1.47. The molecular formula is C21H23N5O4S. The first-order chi connectivity index (χ1) is 14.8. The molecule has 0 aliphatic heterocycles. The number of hydrogen-bond donors (Lipinski definition) is 2. The Morgan fingerprint density at radius 3 is 2.65 bits per heavy atom. The predicted molar refractivity (Wildman–Crippen MR) is 118 cm³/mol. The van der Waals surface area contributed by atoms with E-state index >= 15 is 0 Å². The number of nitrogens with one attached hydrogen (secondary N) is 2. The van der Waals surface area contributed by atoms with Crippen LogP contribution >= 0.6 is 0 Å². The lowest BCUT2D eigenvalue weighted by atomic mass is 10.2. The van der Waals surface area contributed by atoms with Gasteiger partial charge in [-0.15, -0.1) is 11.7 Å². The van der Waals surface area contributed by atoms with Crippen molar-refractivity contribution in [1.29, 1.82) is 0 Å². The first kappa shape index (κ1) is 22.2. The highest BCUT2D eigenvalue weighted by molar-refractivity contribution is 7.88. The van der Waals surface area contributed by atoms with Gasteiger partial charge in [-0.1, -0.05) is 29.5 Å². The van der Waals surface area contributed by atoms with Gasteiger partial charge >= 0.3 is 0 Å². The van der Waals surface area contributed by atoms with Gasteiger partial charge < -0.3 is 10.1 Å². The quantitative estimate of drug-likeness (QED) is 0.493. The average molecular weight is 442 g/mol. The molecule has 1 amide bonds. The molecule has 3 rings (SSSR count). The van der Waals surface area contributed by atoms with Crippen molar-refractivity contribution in [2.45, 2.75) is 12.7 Å². The van der Waals surface area contributed by atoms with Gasteiger partial charge in [0.2, 0.25) is 10.0 Å². The molecule has 0 fully saturated rings. The maximum absolute atomic E-state index is 12.7. The first-order valence-electron chi connectivity index (χ1n) is 9.38. The lowest BCUT2D eigenvalue weighted by molar-refractivity contribution is 0.102. The summed E-state index contributed by atoms with van der Waals surface area (Å²) < 4.78 is 33.1. The summed E-state index contributed by atoms with van der Waals surface area (Å²) in [5.41, 5.74) is 2.58. The highest BCUT2D eigenvalue weighted by atomic mass is 32.2. The lowest BCUT2D eigenvalue weighted by Gasteiger charge is -2.08. The number of sulfonamides is 1. The van der Waals surface area contributed by atoms with Crippen molar-refractivity contribution in [2.24, 2.45) is 0 Å². The molecule has 9 nitrogen and oxygen atoms in total. The van der Waals surface area contributed by atoms with Crippen molar-refractivity contribution in [1.82, 2.24) is 19.7 Å². The summed E-state index contributed by atoms with van der Waals surface area (Å²) in [5, 5.41) is 10.8. The van der Waals surface area contributed by atoms with Crippen molar-refractivity contribution in [3.8, 4) is 11.4 Å². The smallest absolute Gasteiger partial charge is 0.278 e. The molecule has 0 saturated carbocycles. The van der Waals surface area contributed by atoms with Crippen LogP contribution < -0.4 is 14.8 Å². The highest BCUT2D eigenvalue weighted by Crippen LogP contribution is 2.19. The Hall–Kier alpha value is -3.50. The number of hydrogen-bond acceptors (Lipinski definition) is 6. The van der Waals surface area contributed by atoms with Crippen LogP contribution in [0.5, 0.6) is 5.75 Å². The van der Waals surface area contributed by atoms with Gasteiger partial charge in [-0.05, 0) is 36.8 Å². The van der Waals surface area contributed by atoms with Crippen molar-refractivity contribution in [3.63, 3.8) is 0 Å². The Bertz CT molecular complexity index is 1190. The van der Waals surface area contributed by atoms with Crippen LogP contribution in [-0.2, 0) is 15.8 Å². The van der Waals surface area contributed by atoms with Gasteiger partial charge in [0.25, 0.3) is 5.91 Å². The van der Waals surface area contributed by atoms with Gasteiger partial charge in [-0.2, -0.15) is 0 Å². The van der Waals surface area contributed by atoms with Crippen LogP contribution in [0.4, 0.5) is 5.69 Å². The Kier molecular flexibility index (Phi) is 6.83. The van der Waals surface area contributed by atoms with Gasteiger partial charge in [0.05, 0.1) is 24.2 Å². The second kappa shape index (κ2) is 9.54. The van der Waals surface area contributed by atoms with Gasteiger partial charge in [-0.3, -0.25) is 4.79 Å². The van der Waals surface area contributed by atoms with E-state index in [-0.39, 0.29) is 18.0 Å². The van der Waals surface area contributed by atoms with Crippen molar-refractivity contribution >= 4 is 21.6 Å². The van der Waals surface area contributed by atoms with E-state index in [2.05, 4.69) is 26.9 Å². The maximum atomic E-state index is 12.7. The van der Waals surface area contributed by atoms with Crippen LogP contribution in [0.15, 0.2) is 61.2 Å². The predicted octanol–water partition coefficient (Wildman–Crippen LogP) is 2.44. The number of aromatic nitrogens is 3. The van der Waals surface area contributed by atoms with E-state index in [4.69, 9.17) is 4.74 Å². The number of benzene rings is 2. The van der Waals surface area contributed by atoms with Gasteiger partial charge in [0.15, 0.2) is 5.69 Å². The summed E-state index contributed by atoms with van der Waals surface area (Å²) in [6, 6.07) is 13.8. The Balaban J connectivity index is 1.71. The molecule has 3 aromatic rings. The molecule has 31 heavy (non-hydrogen) atoms. The summed E-state index contributed by atoms with van der Waals surface area (Å²) in [5.74, 6) is 0.0862. The fourth-order valence-electron chi connectivity index (χ4n) is 2.86. The van der Waals surface area contributed by atoms with Crippen LogP contribution in [0.1, 0.15) is 21.7 Å². The van der Waals surface area contributed by atoms with E-state index in [1.54, 1.807) is 49.0 Å². The summed E-state index contributed by atoms with van der Waals surface area (Å²) >= 11 is 0. The molecule has 2 aromatic carbocycles. The van der Waals surface area contributed by atoms with Crippen LogP contribution in [0.3, 0.4) is 0 Å². The largest absolute Gasteiger partial charge is 0.497 e. The van der Waals surface area contributed by atoms with Crippen LogP contribution in [0, 0.1) is 6.92 Å². The zero-order valence-electron chi connectivity index (χ0n) is 17.2. The van der Waals surface area contributed by atoms with Crippen molar-refractivity contribution in [3.05, 3.63) is 78.1 Å². The number of carbonyl (C=O) groups excluding carboxylic acids is 1. The lowest BCUT2D eigenvalue weighted by Crippen LogP contribution is -2.25. The minimum atomic E-state index is -3.45. The minimum Gasteiger partial charge on any atom is -0.497 e. The molecule has 0 aliphatic rings. The first-order valence-corrected chi connectivity index (χ1v) is 11.0. The number of methoxy groups -OCH3 is 1. The second-order valence-corrected chi connectivity index (χ2v) is 8.49. The third-order valence-electron chi connectivity index (χ3n) is 4.42. The fraction of sp³-hybridized carbons (Fsp3) is 0.190. The van der Waals surface area contributed by atoms with Crippen molar-refractivity contribution in [2.75, 3.05) is 19.0 Å². The van der Waals surface area contributed by atoms with Crippen LogP contribution in [-0.4, -0.2) is 43.0 Å². The van der Waals surface area contributed by atoms with E-state index in [1.807, 2.05) is 18.2 Å². The monoisotopic (exact) mass is 441 g/mol. The zero-order chi connectivity index (χ0) is 22.4. The molecular weight excluding hydrogens is 418 g/mol. The number of rotatable bonds is 9. The number of amides is 1. The molecule has 10 heteroatoms. The van der Waals surface area contributed by atoms with Gasteiger partial charge in [0.1, 0.15) is 5.75 Å². The molecule has 0 unspecified atom stereocenters. The Morgan fingerprint density at radius 2 is 1.97 bits per heavy atom. The third-order valence-corrected chi connectivity index (χ3v) is 5.74. The Labute approximate surface area is 180 Å². The molecule has 1 aromatic heterocycles. The summed E-state index contributed by atoms with van der Waals surface area (Å²) in [4.78, 5) is 12.7. The van der Waals surface area contributed by atoms with E-state index < -0.39 is 15.9 Å². The van der Waals surface area contributed by atoms with E-state index in [0.717, 1.165) is 5.69 Å². The van der Waals surface area contributed by atoms with E-state index in [1.165, 1.54) is 6.08 Å².